The highest BCUT2D eigenvalue weighted by Gasteiger charge is 2.16. The fourth-order valence-electron chi connectivity index (χ4n) is 1.90. The van der Waals surface area contributed by atoms with Crippen molar-refractivity contribution in [1.29, 1.82) is 0 Å². The SMILES string of the molecule is CCOC(=O)CSCC(NC)c1cc(OC)ccc1OC. The maximum Gasteiger partial charge on any atom is 0.315 e. The molecule has 21 heavy (non-hydrogen) atoms. The number of thioether (sulfide) groups is 1. The second-order valence-electron chi connectivity index (χ2n) is 4.27. The van der Waals surface area contributed by atoms with Crippen LogP contribution in [0, 0.1) is 0 Å². The van der Waals surface area contributed by atoms with Crippen LogP contribution >= 0.6 is 11.8 Å². The Kier molecular flexibility index (Phi) is 8.00. The van der Waals surface area contributed by atoms with Gasteiger partial charge in [-0.3, -0.25) is 4.79 Å². The monoisotopic (exact) mass is 313 g/mol. The van der Waals surface area contributed by atoms with Crippen LogP contribution in [-0.2, 0) is 9.53 Å². The summed E-state index contributed by atoms with van der Waals surface area (Å²) in [4.78, 5) is 11.4. The summed E-state index contributed by atoms with van der Waals surface area (Å²) < 4.78 is 15.6. The average molecular weight is 313 g/mol. The second kappa shape index (κ2) is 9.52. The van der Waals surface area contributed by atoms with Crippen molar-refractivity contribution < 1.29 is 19.0 Å². The molecule has 0 amide bonds. The van der Waals surface area contributed by atoms with Gasteiger partial charge in [-0.15, -0.1) is 11.8 Å². The highest BCUT2D eigenvalue weighted by molar-refractivity contribution is 7.99. The molecule has 0 radical (unpaired) electrons. The molecule has 1 atom stereocenters. The number of methoxy groups -OCH3 is 2. The molecular formula is C15H23NO4S. The first-order valence-electron chi connectivity index (χ1n) is 6.78. The molecule has 0 saturated carbocycles. The molecule has 1 aromatic carbocycles. The summed E-state index contributed by atoms with van der Waals surface area (Å²) in [5.74, 6) is 2.47. The molecule has 118 valence electrons. The zero-order chi connectivity index (χ0) is 15.7. The molecule has 0 heterocycles. The van der Waals surface area contributed by atoms with Crippen LogP contribution in [0.1, 0.15) is 18.5 Å². The van der Waals surface area contributed by atoms with E-state index in [1.807, 2.05) is 25.2 Å². The number of ether oxygens (including phenoxy) is 3. The third-order valence-corrected chi connectivity index (χ3v) is 3.98. The largest absolute Gasteiger partial charge is 0.497 e. The van der Waals surface area contributed by atoms with Crippen molar-refractivity contribution in [3.8, 4) is 11.5 Å². The average Bonchev–Trinajstić information content (AvgIpc) is 2.51. The van der Waals surface area contributed by atoms with E-state index in [4.69, 9.17) is 14.2 Å². The lowest BCUT2D eigenvalue weighted by atomic mass is 10.1. The summed E-state index contributed by atoms with van der Waals surface area (Å²) in [5.41, 5.74) is 1.01. The van der Waals surface area contributed by atoms with Crippen LogP contribution in [0.25, 0.3) is 0 Å². The normalized spacial score (nSPS) is 11.8. The van der Waals surface area contributed by atoms with Crippen LogP contribution in [0.15, 0.2) is 18.2 Å². The van der Waals surface area contributed by atoms with Gasteiger partial charge < -0.3 is 19.5 Å². The van der Waals surface area contributed by atoms with Crippen molar-refractivity contribution in [2.45, 2.75) is 13.0 Å². The summed E-state index contributed by atoms with van der Waals surface area (Å²) in [6.45, 7) is 2.22. The van der Waals surface area contributed by atoms with Gasteiger partial charge in [-0.05, 0) is 32.2 Å². The molecule has 1 unspecified atom stereocenters. The van der Waals surface area contributed by atoms with E-state index in [1.165, 1.54) is 11.8 Å². The van der Waals surface area contributed by atoms with Crippen molar-refractivity contribution >= 4 is 17.7 Å². The summed E-state index contributed by atoms with van der Waals surface area (Å²) in [7, 11) is 5.16. The molecule has 0 fully saturated rings. The summed E-state index contributed by atoms with van der Waals surface area (Å²) in [5, 5.41) is 3.24. The highest BCUT2D eigenvalue weighted by Crippen LogP contribution is 2.31. The third kappa shape index (κ3) is 5.47. The number of hydrogen-bond donors (Lipinski definition) is 1. The smallest absolute Gasteiger partial charge is 0.315 e. The van der Waals surface area contributed by atoms with Gasteiger partial charge in [-0.2, -0.15) is 0 Å². The van der Waals surface area contributed by atoms with Gasteiger partial charge in [0.25, 0.3) is 0 Å². The van der Waals surface area contributed by atoms with E-state index in [2.05, 4.69) is 5.32 Å². The molecule has 0 aromatic heterocycles. The van der Waals surface area contributed by atoms with E-state index >= 15 is 0 Å². The lowest BCUT2D eigenvalue weighted by Crippen LogP contribution is -2.20. The first-order valence-corrected chi connectivity index (χ1v) is 7.94. The molecule has 5 nitrogen and oxygen atoms in total. The van der Waals surface area contributed by atoms with Gasteiger partial charge in [-0.1, -0.05) is 0 Å². The number of nitrogens with one attached hydrogen (secondary N) is 1. The van der Waals surface area contributed by atoms with Crippen molar-refractivity contribution in [3.63, 3.8) is 0 Å². The molecule has 0 aliphatic heterocycles. The molecule has 1 rings (SSSR count). The van der Waals surface area contributed by atoms with E-state index in [-0.39, 0.29) is 12.0 Å². The summed E-state index contributed by atoms with van der Waals surface area (Å²) in [6.07, 6.45) is 0. The minimum Gasteiger partial charge on any atom is -0.497 e. The Morgan fingerprint density at radius 2 is 2.10 bits per heavy atom. The Labute approximate surface area is 130 Å². The van der Waals surface area contributed by atoms with E-state index in [1.54, 1.807) is 21.1 Å². The number of carbonyl (C=O) groups excluding carboxylic acids is 1. The lowest BCUT2D eigenvalue weighted by molar-refractivity contribution is -0.139. The molecule has 0 aliphatic rings. The van der Waals surface area contributed by atoms with E-state index in [9.17, 15) is 4.79 Å². The standard InChI is InChI=1S/C15H23NO4S/c1-5-20-15(17)10-21-9-13(16-2)12-8-11(18-3)6-7-14(12)19-4/h6-8,13,16H,5,9-10H2,1-4H3. The van der Waals surface area contributed by atoms with Crippen molar-refractivity contribution in [2.75, 3.05) is 39.4 Å². The predicted molar refractivity (Wildman–Crippen MR) is 85.3 cm³/mol. The lowest BCUT2D eigenvalue weighted by Gasteiger charge is -2.19. The van der Waals surface area contributed by atoms with Crippen LogP contribution in [0.2, 0.25) is 0 Å². The van der Waals surface area contributed by atoms with Gasteiger partial charge in [0.05, 0.1) is 26.6 Å². The zero-order valence-corrected chi connectivity index (χ0v) is 13.8. The van der Waals surface area contributed by atoms with Crippen molar-refractivity contribution in [3.05, 3.63) is 23.8 Å². The maximum absolute atomic E-state index is 11.4. The van der Waals surface area contributed by atoms with Crippen molar-refractivity contribution in [1.82, 2.24) is 5.32 Å². The highest BCUT2D eigenvalue weighted by atomic mass is 32.2. The Hall–Kier alpha value is -1.40. The zero-order valence-electron chi connectivity index (χ0n) is 13.0. The molecule has 0 spiro atoms. The van der Waals surface area contributed by atoms with Gasteiger partial charge in [0.15, 0.2) is 0 Å². The molecule has 6 heteroatoms. The first kappa shape index (κ1) is 17.7. The molecule has 0 saturated heterocycles. The Morgan fingerprint density at radius 3 is 2.67 bits per heavy atom. The van der Waals surface area contributed by atoms with E-state index in [0.717, 1.165) is 22.8 Å². The van der Waals surface area contributed by atoms with Crippen LogP contribution < -0.4 is 14.8 Å². The number of carbonyl (C=O) groups is 1. The molecular weight excluding hydrogens is 290 g/mol. The van der Waals surface area contributed by atoms with E-state index in [0.29, 0.717) is 12.4 Å². The predicted octanol–water partition coefficient (Wildman–Crippen LogP) is 2.26. The molecule has 1 aromatic rings. The molecule has 0 aliphatic carbocycles. The van der Waals surface area contributed by atoms with Crippen molar-refractivity contribution in [2.24, 2.45) is 0 Å². The number of hydrogen-bond acceptors (Lipinski definition) is 6. The van der Waals surface area contributed by atoms with E-state index < -0.39 is 0 Å². The Balaban J connectivity index is 2.72. The second-order valence-corrected chi connectivity index (χ2v) is 5.30. The Bertz CT molecular complexity index is 453. The number of esters is 1. The van der Waals surface area contributed by atoms with Gasteiger partial charge in [0, 0.05) is 17.4 Å². The molecule has 0 bridgehead atoms. The minimum absolute atomic E-state index is 0.0643. The fraction of sp³-hybridized carbons (Fsp3) is 0.533. The summed E-state index contributed by atoms with van der Waals surface area (Å²) >= 11 is 1.53. The van der Waals surface area contributed by atoms with Gasteiger partial charge in [-0.25, -0.2) is 0 Å². The fourth-order valence-corrected chi connectivity index (χ4v) is 2.85. The van der Waals surface area contributed by atoms with Gasteiger partial charge in [0.2, 0.25) is 0 Å². The minimum atomic E-state index is -0.185. The van der Waals surface area contributed by atoms with Gasteiger partial charge >= 0.3 is 5.97 Å². The van der Waals surface area contributed by atoms with Crippen LogP contribution in [0.4, 0.5) is 0 Å². The van der Waals surface area contributed by atoms with Crippen LogP contribution in [-0.4, -0.2) is 45.3 Å². The summed E-state index contributed by atoms with van der Waals surface area (Å²) in [6, 6.07) is 5.76. The number of benzene rings is 1. The quantitative estimate of drug-likeness (QED) is 0.706. The van der Waals surface area contributed by atoms with Crippen LogP contribution in [0.3, 0.4) is 0 Å². The first-order chi connectivity index (χ1) is 10.2. The van der Waals surface area contributed by atoms with Crippen LogP contribution in [0.5, 0.6) is 11.5 Å². The topological polar surface area (TPSA) is 56.8 Å². The Morgan fingerprint density at radius 1 is 1.33 bits per heavy atom. The molecule has 1 N–H and O–H groups in total. The third-order valence-electron chi connectivity index (χ3n) is 2.97. The maximum atomic E-state index is 11.4. The van der Waals surface area contributed by atoms with Gasteiger partial charge in [0.1, 0.15) is 11.5 Å². The number of rotatable bonds is 9.